The molecule has 1 amide bonds. The van der Waals surface area contributed by atoms with Crippen LogP contribution in [0.15, 0.2) is 42.7 Å². The van der Waals surface area contributed by atoms with Gasteiger partial charge in [0.1, 0.15) is 0 Å². The van der Waals surface area contributed by atoms with E-state index in [1.807, 2.05) is 28.9 Å². The summed E-state index contributed by atoms with van der Waals surface area (Å²) >= 11 is 0. The minimum Gasteiger partial charge on any atom is -0.311 e. The number of aryl methyl sites for hydroxylation is 2. The zero-order valence-electron chi connectivity index (χ0n) is 14.7. The van der Waals surface area contributed by atoms with Crippen molar-refractivity contribution in [3.05, 3.63) is 53.9 Å². The van der Waals surface area contributed by atoms with Crippen LogP contribution in [-0.2, 0) is 18.3 Å². The predicted octanol–water partition coefficient (Wildman–Crippen LogP) is 2.49. The fourth-order valence-corrected chi connectivity index (χ4v) is 3.77. The molecule has 3 heterocycles. The first-order valence-corrected chi connectivity index (χ1v) is 8.99. The Morgan fingerprint density at radius 3 is 2.84 bits per heavy atom. The van der Waals surface area contributed by atoms with E-state index in [4.69, 9.17) is 0 Å². The van der Waals surface area contributed by atoms with E-state index in [1.54, 1.807) is 0 Å². The second-order valence-electron chi connectivity index (χ2n) is 6.89. The molecular weight excluding hydrogens is 312 g/mol. The van der Waals surface area contributed by atoms with E-state index in [2.05, 4.69) is 40.5 Å². The summed E-state index contributed by atoms with van der Waals surface area (Å²) in [6.07, 6.45) is 9.29. The molecule has 4 rings (SSSR count). The van der Waals surface area contributed by atoms with Gasteiger partial charge in [0.25, 0.3) is 0 Å². The van der Waals surface area contributed by atoms with Crippen LogP contribution in [0.25, 0.3) is 5.57 Å². The quantitative estimate of drug-likeness (QED) is 0.865. The van der Waals surface area contributed by atoms with Crippen molar-refractivity contribution in [1.82, 2.24) is 14.7 Å². The minimum absolute atomic E-state index is 0.213. The Morgan fingerprint density at radius 1 is 1.20 bits per heavy atom. The summed E-state index contributed by atoms with van der Waals surface area (Å²) in [5.74, 6) is 0.213. The number of amides is 1. The second kappa shape index (κ2) is 6.84. The van der Waals surface area contributed by atoms with Crippen LogP contribution in [0.1, 0.15) is 24.0 Å². The molecule has 0 saturated heterocycles. The van der Waals surface area contributed by atoms with Gasteiger partial charge < -0.3 is 4.90 Å². The fraction of sp³-hybridized carbons (Fsp3) is 0.400. The highest BCUT2D eigenvalue weighted by Gasteiger charge is 2.24. The minimum atomic E-state index is 0.213. The highest BCUT2D eigenvalue weighted by atomic mass is 16.2. The lowest BCUT2D eigenvalue weighted by molar-refractivity contribution is -0.119. The van der Waals surface area contributed by atoms with E-state index in [0.717, 1.165) is 44.6 Å². The highest BCUT2D eigenvalue weighted by Crippen LogP contribution is 2.27. The molecule has 0 fully saturated rings. The molecule has 1 aromatic heterocycles. The van der Waals surface area contributed by atoms with E-state index in [-0.39, 0.29) is 5.91 Å². The standard InChI is InChI=1S/C20H24N4O/c1-22-14-18(13-21-22)16-8-11-23(12-9-16)15-20(25)24-10-4-6-17-5-2-3-7-19(17)24/h2-3,5,7-8,13-14H,4,6,9-12,15H2,1H3. The topological polar surface area (TPSA) is 41.4 Å². The van der Waals surface area contributed by atoms with Crippen LogP contribution in [0.2, 0.25) is 0 Å². The summed E-state index contributed by atoms with van der Waals surface area (Å²) in [4.78, 5) is 17.0. The number of rotatable bonds is 3. The third-order valence-electron chi connectivity index (χ3n) is 5.14. The largest absolute Gasteiger partial charge is 0.311 e. The SMILES string of the molecule is Cn1cc(C2=CCN(CC(=O)N3CCCc4ccccc43)CC2)cn1. The van der Waals surface area contributed by atoms with Gasteiger partial charge in [-0.3, -0.25) is 14.4 Å². The summed E-state index contributed by atoms with van der Waals surface area (Å²) in [5.41, 5.74) is 4.92. The molecule has 0 spiro atoms. The number of aromatic nitrogens is 2. The van der Waals surface area contributed by atoms with Crippen LogP contribution in [0, 0.1) is 0 Å². The number of carbonyl (C=O) groups is 1. The summed E-state index contributed by atoms with van der Waals surface area (Å²) in [6.45, 7) is 3.07. The van der Waals surface area contributed by atoms with Gasteiger partial charge in [0, 0.05) is 44.1 Å². The third kappa shape index (κ3) is 3.37. The van der Waals surface area contributed by atoms with Gasteiger partial charge in [-0.25, -0.2) is 0 Å². The highest BCUT2D eigenvalue weighted by molar-refractivity contribution is 5.96. The lowest BCUT2D eigenvalue weighted by Crippen LogP contribution is -2.43. The summed E-state index contributed by atoms with van der Waals surface area (Å²) in [6, 6.07) is 8.29. The van der Waals surface area contributed by atoms with Crippen LogP contribution in [0.3, 0.4) is 0 Å². The molecule has 2 aromatic rings. The zero-order chi connectivity index (χ0) is 17.2. The molecule has 5 nitrogen and oxygen atoms in total. The maximum atomic E-state index is 12.8. The van der Waals surface area contributed by atoms with Crippen molar-refractivity contribution in [1.29, 1.82) is 0 Å². The van der Waals surface area contributed by atoms with Gasteiger partial charge >= 0.3 is 0 Å². The Labute approximate surface area is 148 Å². The Kier molecular flexibility index (Phi) is 4.40. The van der Waals surface area contributed by atoms with E-state index in [9.17, 15) is 4.79 Å². The van der Waals surface area contributed by atoms with E-state index >= 15 is 0 Å². The molecule has 2 aliphatic rings. The number of hydrogen-bond donors (Lipinski definition) is 0. The average Bonchev–Trinajstić information content (AvgIpc) is 3.08. The number of hydrogen-bond acceptors (Lipinski definition) is 3. The van der Waals surface area contributed by atoms with Crippen molar-refractivity contribution in [2.75, 3.05) is 31.1 Å². The number of anilines is 1. The summed E-state index contributed by atoms with van der Waals surface area (Å²) in [5, 5.41) is 4.24. The first-order chi connectivity index (χ1) is 12.2. The van der Waals surface area contributed by atoms with Crippen molar-refractivity contribution in [3.63, 3.8) is 0 Å². The molecule has 0 radical (unpaired) electrons. The number of fused-ring (bicyclic) bond motifs is 1. The smallest absolute Gasteiger partial charge is 0.241 e. The first kappa shape index (κ1) is 16.1. The Bertz CT molecular complexity index is 808. The maximum Gasteiger partial charge on any atom is 0.241 e. The summed E-state index contributed by atoms with van der Waals surface area (Å²) < 4.78 is 1.83. The maximum absolute atomic E-state index is 12.8. The lowest BCUT2D eigenvalue weighted by Gasteiger charge is -2.32. The van der Waals surface area contributed by atoms with Gasteiger partial charge in [0.2, 0.25) is 5.91 Å². The number of nitrogens with zero attached hydrogens (tertiary/aromatic N) is 4. The number of benzene rings is 1. The van der Waals surface area contributed by atoms with Crippen LogP contribution < -0.4 is 4.90 Å². The molecule has 0 bridgehead atoms. The van der Waals surface area contributed by atoms with Crippen molar-refractivity contribution in [2.24, 2.45) is 7.05 Å². The van der Waals surface area contributed by atoms with Crippen LogP contribution in [-0.4, -0.2) is 46.8 Å². The van der Waals surface area contributed by atoms with Crippen LogP contribution in [0.4, 0.5) is 5.69 Å². The molecule has 0 unspecified atom stereocenters. The number of carbonyl (C=O) groups excluding carboxylic acids is 1. The van der Waals surface area contributed by atoms with Crippen molar-refractivity contribution in [3.8, 4) is 0 Å². The molecular formula is C20H24N4O. The van der Waals surface area contributed by atoms with Crippen LogP contribution >= 0.6 is 0 Å². The van der Waals surface area contributed by atoms with Crippen LogP contribution in [0.5, 0.6) is 0 Å². The van der Waals surface area contributed by atoms with Gasteiger partial charge in [-0.1, -0.05) is 24.3 Å². The van der Waals surface area contributed by atoms with Gasteiger partial charge in [0.15, 0.2) is 0 Å². The van der Waals surface area contributed by atoms with Gasteiger partial charge in [-0.15, -0.1) is 0 Å². The average molecular weight is 336 g/mol. The second-order valence-corrected chi connectivity index (χ2v) is 6.89. The molecule has 0 N–H and O–H groups in total. The van der Waals surface area contributed by atoms with Gasteiger partial charge in [-0.05, 0) is 36.5 Å². The fourth-order valence-electron chi connectivity index (χ4n) is 3.77. The number of para-hydroxylation sites is 1. The Balaban J connectivity index is 1.41. The molecule has 130 valence electrons. The Hall–Kier alpha value is -2.40. The molecule has 25 heavy (non-hydrogen) atoms. The molecule has 5 heteroatoms. The van der Waals surface area contributed by atoms with Crippen molar-refractivity contribution < 1.29 is 4.79 Å². The molecule has 0 aliphatic carbocycles. The predicted molar refractivity (Wildman–Crippen MR) is 99.4 cm³/mol. The zero-order valence-corrected chi connectivity index (χ0v) is 14.7. The summed E-state index contributed by atoms with van der Waals surface area (Å²) in [7, 11) is 1.94. The van der Waals surface area contributed by atoms with Gasteiger partial charge in [-0.2, -0.15) is 5.10 Å². The monoisotopic (exact) mass is 336 g/mol. The van der Waals surface area contributed by atoms with E-state index in [1.165, 1.54) is 16.7 Å². The molecule has 0 saturated carbocycles. The lowest BCUT2D eigenvalue weighted by atomic mass is 10.0. The molecule has 0 atom stereocenters. The first-order valence-electron chi connectivity index (χ1n) is 8.99. The molecule has 1 aromatic carbocycles. The van der Waals surface area contributed by atoms with Crippen molar-refractivity contribution >= 4 is 17.2 Å². The third-order valence-corrected chi connectivity index (χ3v) is 5.14. The van der Waals surface area contributed by atoms with Gasteiger partial charge in [0.05, 0.1) is 12.7 Å². The Morgan fingerprint density at radius 2 is 2.08 bits per heavy atom. The molecule has 2 aliphatic heterocycles. The van der Waals surface area contributed by atoms with E-state index < -0.39 is 0 Å². The normalized spacial score (nSPS) is 18.0. The van der Waals surface area contributed by atoms with E-state index in [0.29, 0.717) is 6.54 Å². The van der Waals surface area contributed by atoms with Crippen molar-refractivity contribution in [2.45, 2.75) is 19.3 Å².